The minimum absolute atomic E-state index is 0.0338. The van der Waals surface area contributed by atoms with Crippen molar-refractivity contribution in [2.45, 2.75) is 174 Å². The molecule has 5 aliphatic carbocycles. The Morgan fingerprint density at radius 1 is 0.750 bits per heavy atom. The van der Waals surface area contributed by atoms with Crippen LogP contribution in [0, 0.1) is 56.7 Å². The summed E-state index contributed by atoms with van der Waals surface area (Å²) in [4.78, 5) is 13.0. The summed E-state index contributed by atoms with van der Waals surface area (Å²) in [7, 11) is 0. The van der Waals surface area contributed by atoms with Gasteiger partial charge in [0.05, 0.1) is 24.2 Å². The molecule has 0 bridgehead atoms. The van der Waals surface area contributed by atoms with Gasteiger partial charge in [0, 0.05) is 0 Å². The van der Waals surface area contributed by atoms with Gasteiger partial charge >= 0.3 is 5.97 Å². The van der Waals surface area contributed by atoms with Gasteiger partial charge in [-0.2, -0.15) is 0 Å². The highest BCUT2D eigenvalue weighted by Crippen LogP contribution is 2.77. The summed E-state index contributed by atoms with van der Waals surface area (Å²) in [5, 5.41) is 63.5. The van der Waals surface area contributed by atoms with Crippen LogP contribution >= 0.6 is 0 Å². The quantitative estimate of drug-likeness (QED) is 0.169. The summed E-state index contributed by atoms with van der Waals surface area (Å²) in [6, 6.07) is 0. The van der Waals surface area contributed by atoms with Crippen LogP contribution in [0.3, 0.4) is 0 Å². The number of carboxylic acid groups (broad SMARTS) is 1. The van der Waals surface area contributed by atoms with Crippen molar-refractivity contribution in [2.24, 2.45) is 56.7 Å². The van der Waals surface area contributed by atoms with Gasteiger partial charge in [-0.05, 0) is 129 Å². The molecule has 11 nitrogen and oxygen atoms in total. The van der Waals surface area contributed by atoms with Gasteiger partial charge in [-0.3, -0.25) is 4.79 Å². The Morgan fingerprint density at radius 3 is 2.13 bits per heavy atom. The summed E-state index contributed by atoms with van der Waals surface area (Å²) >= 11 is 0. The van der Waals surface area contributed by atoms with Gasteiger partial charge in [-0.25, -0.2) is 0 Å². The van der Waals surface area contributed by atoms with Gasteiger partial charge in [0.2, 0.25) is 0 Å². The first-order valence-corrected chi connectivity index (χ1v) is 20.1. The van der Waals surface area contributed by atoms with E-state index in [4.69, 9.17) is 18.9 Å². The lowest BCUT2D eigenvalue weighted by Crippen LogP contribution is -2.67. The third-order valence-corrected chi connectivity index (χ3v) is 17.3. The van der Waals surface area contributed by atoms with Crippen LogP contribution in [-0.2, 0) is 23.7 Å². The lowest BCUT2D eigenvalue weighted by molar-refractivity contribution is -0.367. The Morgan fingerprint density at radius 2 is 1.46 bits per heavy atom. The molecule has 296 valence electrons. The average Bonchev–Trinajstić information content (AvgIpc) is 3.48. The second-order valence-corrected chi connectivity index (χ2v) is 19.7. The standard InChI is InChI=1S/C41H66O11/c1-20(2)22-11-16-41(36(47)48)18-17-39(7)23(28(22)41)9-10-26-38(6)14-13-27(37(4,5)25(38)12-15-40(26,39)8)51-35-33(31(45)29(43)21(3)50-35)52-34-32(46)30(44)24(42)19-49-34/h21-35,42-46H,1,9-19H2,2-8H3,(H,47,48)/t21-,22+,23-,24+,25+,26-,27+,28-,29-,30+,31+,32-,33-,34+,35+,38+,39-,40-,41+/m1/s1. The van der Waals surface area contributed by atoms with E-state index >= 15 is 0 Å². The molecular formula is C41H66O11. The van der Waals surface area contributed by atoms with Crippen molar-refractivity contribution in [2.75, 3.05) is 6.61 Å². The number of hydrogen-bond acceptors (Lipinski definition) is 10. The van der Waals surface area contributed by atoms with Crippen LogP contribution in [0.25, 0.3) is 0 Å². The summed E-state index contributed by atoms with van der Waals surface area (Å²) in [6.45, 7) is 20.0. The van der Waals surface area contributed by atoms with Crippen molar-refractivity contribution in [3.05, 3.63) is 12.2 Å². The van der Waals surface area contributed by atoms with Crippen molar-refractivity contribution in [1.29, 1.82) is 0 Å². The summed E-state index contributed by atoms with van der Waals surface area (Å²) in [6.07, 6.45) is -2.31. The second kappa shape index (κ2) is 13.2. The van der Waals surface area contributed by atoms with Crippen LogP contribution in [0.2, 0.25) is 0 Å². The maximum atomic E-state index is 13.0. The first-order valence-electron chi connectivity index (χ1n) is 20.1. The third kappa shape index (κ3) is 5.48. The maximum absolute atomic E-state index is 13.0. The fourth-order valence-electron chi connectivity index (χ4n) is 14.2. The molecule has 52 heavy (non-hydrogen) atoms. The molecule has 0 aromatic carbocycles. The molecule has 2 aliphatic heterocycles. The predicted octanol–water partition coefficient (Wildman–Crippen LogP) is 4.40. The first-order chi connectivity index (χ1) is 24.2. The van der Waals surface area contributed by atoms with Gasteiger partial charge in [-0.1, -0.05) is 46.8 Å². The van der Waals surface area contributed by atoms with Gasteiger partial charge in [0.25, 0.3) is 0 Å². The Kier molecular flexibility index (Phi) is 9.94. The zero-order valence-corrected chi connectivity index (χ0v) is 32.4. The van der Waals surface area contributed by atoms with Gasteiger partial charge in [-0.15, -0.1) is 0 Å². The third-order valence-electron chi connectivity index (χ3n) is 17.3. The fraction of sp³-hybridized carbons (Fsp3) is 0.927. The van der Waals surface area contributed by atoms with Crippen molar-refractivity contribution in [1.82, 2.24) is 0 Å². The van der Waals surface area contributed by atoms with E-state index in [9.17, 15) is 35.4 Å². The number of aliphatic hydroxyl groups is 5. The van der Waals surface area contributed by atoms with E-state index in [0.717, 1.165) is 69.8 Å². The highest BCUT2D eigenvalue weighted by Gasteiger charge is 2.72. The molecule has 0 aromatic heterocycles. The molecule has 19 atom stereocenters. The van der Waals surface area contributed by atoms with Crippen LogP contribution in [0.1, 0.15) is 113 Å². The zero-order valence-electron chi connectivity index (χ0n) is 32.4. The van der Waals surface area contributed by atoms with E-state index in [2.05, 4.69) is 48.1 Å². The Balaban J connectivity index is 1.13. The van der Waals surface area contributed by atoms with E-state index < -0.39 is 66.7 Å². The number of ether oxygens (including phenoxy) is 4. The normalized spacial score (nSPS) is 55.7. The van der Waals surface area contributed by atoms with Crippen LogP contribution in [0.15, 0.2) is 12.2 Å². The Hall–Kier alpha value is -1.15. The van der Waals surface area contributed by atoms with Crippen LogP contribution in [0.4, 0.5) is 0 Å². The molecule has 7 rings (SSSR count). The molecule has 7 aliphatic rings. The molecule has 0 radical (unpaired) electrons. The number of fused-ring (bicyclic) bond motifs is 7. The first kappa shape index (κ1) is 39.1. The molecule has 0 spiro atoms. The Bertz CT molecular complexity index is 1390. The number of allylic oxidation sites excluding steroid dienone is 1. The van der Waals surface area contributed by atoms with E-state index in [1.54, 1.807) is 6.92 Å². The van der Waals surface area contributed by atoms with E-state index in [1.165, 1.54) is 0 Å². The summed E-state index contributed by atoms with van der Waals surface area (Å²) in [5.41, 5.74) is 0.363. The topological polar surface area (TPSA) is 175 Å². The van der Waals surface area contributed by atoms with E-state index in [0.29, 0.717) is 17.8 Å². The van der Waals surface area contributed by atoms with Crippen molar-refractivity contribution < 1.29 is 54.4 Å². The number of hydrogen-bond donors (Lipinski definition) is 6. The number of aliphatic carboxylic acids is 1. The van der Waals surface area contributed by atoms with Crippen molar-refractivity contribution >= 4 is 5.97 Å². The van der Waals surface area contributed by atoms with Gasteiger partial charge in [0.1, 0.15) is 36.6 Å². The van der Waals surface area contributed by atoms with E-state index in [1.807, 2.05) is 0 Å². The molecule has 7 fully saturated rings. The second-order valence-electron chi connectivity index (χ2n) is 19.7. The van der Waals surface area contributed by atoms with E-state index in [-0.39, 0.29) is 46.2 Å². The smallest absolute Gasteiger partial charge is 0.309 e. The van der Waals surface area contributed by atoms with Gasteiger partial charge < -0.3 is 49.6 Å². The maximum Gasteiger partial charge on any atom is 0.309 e. The highest BCUT2D eigenvalue weighted by molar-refractivity contribution is 5.76. The zero-order chi connectivity index (χ0) is 37.9. The number of carbonyl (C=O) groups is 1. The van der Waals surface area contributed by atoms with Gasteiger partial charge in [0.15, 0.2) is 12.6 Å². The SMILES string of the molecule is C=C(C)[C@@H]1CC[C@]2(C(=O)O)CC[C@]3(C)[C@H](CC[C@@H]4[C@@]5(C)CC[C@H](O[C@@H]6O[C@H](C)[C@@H](O)[C@H](O)[C@H]6O[C@@H]6OC[C@H](O)[C@H](O)[C@H]6O)C(C)(C)[C@@H]5CC[C@]43C)[C@@H]12. The fourth-order valence-corrected chi connectivity index (χ4v) is 14.2. The van der Waals surface area contributed by atoms with Crippen molar-refractivity contribution in [3.8, 4) is 0 Å². The monoisotopic (exact) mass is 734 g/mol. The minimum Gasteiger partial charge on any atom is -0.481 e. The lowest BCUT2D eigenvalue weighted by atomic mass is 9.32. The molecule has 5 saturated carbocycles. The van der Waals surface area contributed by atoms with Crippen LogP contribution < -0.4 is 0 Å². The molecule has 0 unspecified atom stereocenters. The molecule has 0 amide bonds. The number of carboxylic acids is 1. The molecule has 2 heterocycles. The molecule has 6 N–H and O–H groups in total. The molecule has 11 heteroatoms. The summed E-state index contributed by atoms with van der Waals surface area (Å²) in [5.74, 6) is 0.978. The number of aliphatic hydroxyl groups excluding tert-OH is 5. The summed E-state index contributed by atoms with van der Waals surface area (Å²) < 4.78 is 24.5. The average molecular weight is 735 g/mol. The van der Waals surface area contributed by atoms with Crippen molar-refractivity contribution in [3.63, 3.8) is 0 Å². The lowest BCUT2D eigenvalue weighted by Gasteiger charge is -2.73. The largest absolute Gasteiger partial charge is 0.481 e. The molecule has 2 saturated heterocycles. The number of rotatable bonds is 6. The molecule has 0 aromatic rings. The predicted molar refractivity (Wildman–Crippen MR) is 190 cm³/mol. The van der Waals surface area contributed by atoms with Crippen LogP contribution in [0.5, 0.6) is 0 Å². The Labute approximate surface area is 309 Å². The molecular weight excluding hydrogens is 668 g/mol. The van der Waals surface area contributed by atoms with Crippen LogP contribution in [-0.4, -0.2) is 105 Å². The highest BCUT2D eigenvalue weighted by atomic mass is 16.8. The minimum atomic E-state index is -1.57.